The van der Waals surface area contributed by atoms with Crippen molar-refractivity contribution in [2.45, 2.75) is 85.2 Å². The molecule has 3 aromatic carbocycles. The Kier molecular flexibility index (Phi) is 29.1. The quantitative estimate of drug-likeness (QED) is 0.127. The van der Waals surface area contributed by atoms with E-state index in [0.717, 1.165) is 13.2 Å². The van der Waals surface area contributed by atoms with E-state index in [-0.39, 0.29) is 0 Å². The molecule has 0 heterocycles. The van der Waals surface area contributed by atoms with E-state index in [1.54, 1.807) is 0 Å². The summed E-state index contributed by atoms with van der Waals surface area (Å²) in [6, 6.07) is 32.8. The maximum absolute atomic E-state index is 5.31. The third-order valence-electron chi connectivity index (χ3n) is 5.99. The van der Waals surface area contributed by atoms with Crippen molar-refractivity contribution in [3.63, 3.8) is 0 Å². The van der Waals surface area contributed by atoms with Gasteiger partial charge in [-0.25, -0.2) is 0 Å². The second kappa shape index (κ2) is 29.3. The Hall–Kier alpha value is -0.209. The zero-order valence-electron chi connectivity index (χ0n) is 25.9. The fraction of sp³-hybridized carbons (Fsp3) is 0.471. The Morgan fingerprint density at radius 3 is 1.08 bits per heavy atom. The first-order valence-electron chi connectivity index (χ1n) is 15.0. The summed E-state index contributed by atoms with van der Waals surface area (Å²) in [6.07, 6.45) is 0. The topological polar surface area (TPSA) is 9.23 Å². The van der Waals surface area contributed by atoms with Gasteiger partial charge in [0.05, 0.1) is 0 Å². The molecule has 6 radical (unpaired) electrons. The van der Waals surface area contributed by atoms with E-state index in [1.807, 2.05) is 0 Å². The summed E-state index contributed by atoms with van der Waals surface area (Å²) >= 11 is -1.17. The van der Waals surface area contributed by atoms with Gasteiger partial charge >= 0.3 is 267 Å². The minimum atomic E-state index is -1.63. The molecule has 39 heavy (non-hydrogen) atoms. The Morgan fingerprint density at radius 1 is 0.513 bits per heavy atom. The number of hydrogen-bond donors (Lipinski definition) is 0. The summed E-state index contributed by atoms with van der Waals surface area (Å²) in [5.74, 6) is 0. The van der Waals surface area contributed by atoms with Crippen LogP contribution in [-0.2, 0) is 4.74 Å². The molecular formula is C34H54Ge4O. The van der Waals surface area contributed by atoms with Gasteiger partial charge in [0.15, 0.2) is 0 Å². The van der Waals surface area contributed by atoms with E-state index in [0.29, 0.717) is 30.9 Å². The van der Waals surface area contributed by atoms with Crippen LogP contribution in [0.4, 0.5) is 0 Å². The van der Waals surface area contributed by atoms with Gasteiger partial charge < -0.3 is 0 Å². The second-order valence-corrected chi connectivity index (χ2v) is 29.2. The SMILES string of the molecule is CCOC[CH2][Ge]([CH2]C)[CH2]C.C[CH2][Ge][CH2]C.C[CH2][Ge][CH2]C.c1cc[c]([Ge]([c]2ccccc2)[c]2ccccc2)cc1. The Balaban J connectivity index is 0.000000606. The molecular weight excluding hydrogens is 715 g/mol. The number of hydrogen-bond acceptors (Lipinski definition) is 1. The van der Waals surface area contributed by atoms with Crippen molar-refractivity contribution in [2.24, 2.45) is 0 Å². The number of benzene rings is 3. The molecule has 0 atom stereocenters. The summed E-state index contributed by atoms with van der Waals surface area (Å²) in [6.45, 7) is 17.7. The van der Waals surface area contributed by atoms with Gasteiger partial charge in [0.2, 0.25) is 0 Å². The molecule has 0 aromatic heterocycles. The van der Waals surface area contributed by atoms with Gasteiger partial charge in [-0.3, -0.25) is 0 Å². The van der Waals surface area contributed by atoms with Crippen molar-refractivity contribution in [3.05, 3.63) is 91.0 Å². The standard InChI is InChI=1S/C18H15Ge.C8H19GeO.2C4H10Ge/c1-4-10-16(11-5-1)19(17-12-6-2-7-13-17)18-14-8-3-9-15-18;1-4-9(5-2)7-8-10-6-3;2*1-3-5-4-2/h1-15H;4-8H2,1-3H3;2*3-4H2,1-2H3. The van der Waals surface area contributed by atoms with E-state index in [1.165, 1.54) is 50.0 Å². The Morgan fingerprint density at radius 2 is 0.846 bits per heavy atom. The maximum atomic E-state index is 5.31. The summed E-state index contributed by atoms with van der Waals surface area (Å²) < 4.78 is 9.81. The summed E-state index contributed by atoms with van der Waals surface area (Å²) in [5, 5.41) is 10.2. The van der Waals surface area contributed by atoms with Crippen molar-refractivity contribution in [2.75, 3.05) is 13.2 Å². The van der Waals surface area contributed by atoms with Crippen molar-refractivity contribution < 1.29 is 4.74 Å². The number of rotatable bonds is 13. The van der Waals surface area contributed by atoms with Gasteiger partial charge in [-0.15, -0.1) is 0 Å². The molecule has 3 aromatic rings. The molecule has 0 amide bonds. The molecule has 0 aliphatic carbocycles. The van der Waals surface area contributed by atoms with E-state index in [4.69, 9.17) is 4.74 Å². The van der Waals surface area contributed by atoms with Gasteiger partial charge in [-0.2, -0.15) is 0 Å². The van der Waals surface area contributed by atoms with Crippen molar-refractivity contribution in [1.82, 2.24) is 0 Å². The molecule has 0 N–H and O–H groups in total. The van der Waals surface area contributed by atoms with Crippen LogP contribution in [0.2, 0.25) is 36.8 Å². The van der Waals surface area contributed by atoms with Crippen LogP contribution in [-0.4, -0.2) is 72.8 Å². The summed E-state index contributed by atoms with van der Waals surface area (Å²) in [7, 11) is 0. The van der Waals surface area contributed by atoms with Gasteiger partial charge in [0.1, 0.15) is 0 Å². The van der Waals surface area contributed by atoms with E-state index >= 15 is 0 Å². The minimum absolute atomic E-state index is 0.528. The molecule has 0 spiro atoms. The first-order chi connectivity index (χ1) is 19.1. The Labute approximate surface area is 264 Å². The van der Waals surface area contributed by atoms with Crippen molar-refractivity contribution >= 4 is 72.7 Å². The fourth-order valence-electron chi connectivity index (χ4n) is 3.78. The molecule has 0 saturated heterocycles. The molecule has 212 valence electrons. The van der Waals surface area contributed by atoms with Crippen LogP contribution < -0.4 is 13.2 Å². The van der Waals surface area contributed by atoms with Gasteiger partial charge in [0, 0.05) is 0 Å². The molecule has 0 saturated carbocycles. The zero-order chi connectivity index (χ0) is 29.0. The summed E-state index contributed by atoms with van der Waals surface area (Å²) in [4.78, 5) is 0. The first-order valence-corrected chi connectivity index (χ1v) is 28.5. The van der Waals surface area contributed by atoms with Crippen LogP contribution >= 0.6 is 0 Å². The number of ether oxygens (including phenoxy) is 1. The van der Waals surface area contributed by atoms with E-state index in [9.17, 15) is 0 Å². The molecule has 0 fully saturated rings. The average molecular weight is 769 g/mol. The van der Waals surface area contributed by atoms with Crippen LogP contribution in [0.15, 0.2) is 91.0 Å². The third-order valence-corrected chi connectivity index (χ3v) is 22.0. The second-order valence-electron chi connectivity index (χ2n) is 8.79. The average Bonchev–Trinajstić information content (AvgIpc) is 2.99. The fourth-order valence-corrected chi connectivity index (χ4v) is 14.7. The summed E-state index contributed by atoms with van der Waals surface area (Å²) in [5.41, 5.74) is 0. The molecule has 0 aliphatic rings. The monoisotopic (exact) mass is 774 g/mol. The van der Waals surface area contributed by atoms with Crippen LogP contribution in [0.3, 0.4) is 0 Å². The van der Waals surface area contributed by atoms with E-state index in [2.05, 4.69) is 139 Å². The van der Waals surface area contributed by atoms with Gasteiger partial charge in [-0.1, -0.05) is 0 Å². The molecule has 0 aliphatic heterocycles. The Bertz CT molecular complexity index is 754. The molecule has 3 rings (SSSR count). The predicted molar refractivity (Wildman–Crippen MR) is 185 cm³/mol. The van der Waals surface area contributed by atoms with Crippen LogP contribution in [0, 0.1) is 0 Å². The molecule has 0 bridgehead atoms. The van der Waals surface area contributed by atoms with Crippen molar-refractivity contribution in [3.8, 4) is 0 Å². The van der Waals surface area contributed by atoms with Crippen molar-refractivity contribution in [1.29, 1.82) is 0 Å². The van der Waals surface area contributed by atoms with Crippen LogP contribution in [0.1, 0.15) is 48.5 Å². The normalized spacial score (nSPS) is 10.1. The van der Waals surface area contributed by atoms with Crippen LogP contribution in [0.25, 0.3) is 0 Å². The van der Waals surface area contributed by atoms with Gasteiger partial charge in [0.25, 0.3) is 0 Å². The van der Waals surface area contributed by atoms with Gasteiger partial charge in [-0.05, 0) is 0 Å². The predicted octanol–water partition coefficient (Wildman–Crippen LogP) is 7.89. The third kappa shape index (κ3) is 20.3. The molecule has 1 nitrogen and oxygen atoms in total. The van der Waals surface area contributed by atoms with Crippen LogP contribution in [0.5, 0.6) is 0 Å². The molecule has 0 unspecified atom stereocenters. The zero-order valence-corrected chi connectivity index (χ0v) is 34.3. The molecule has 5 heteroatoms. The van der Waals surface area contributed by atoms with E-state index < -0.39 is 28.7 Å². The first kappa shape index (κ1) is 38.8.